The van der Waals surface area contributed by atoms with Gasteiger partial charge in [-0.2, -0.15) is 0 Å². The maximum absolute atomic E-state index is 12.6. The van der Waals surface area contributed by atoms with Crippen LogP contribution in [0.3, 0.4) is 0 Å². The van der Waals surface area contributed by atoms with E-state index in [0.717, 1.165) is 42.9 Å². The predicted octanol–water partition coefficient (Wildman–Crippen LogP) is 3.22. The highest BCUT2D eigenvalue weighted by Crippen LogP contribution is 2.21. The summed E-state index contributed by atoms with van der Waals surface area (Å²) in [5.74, 6) is 1.32. The SMILES string of the molecule is O=S(=O)(NCc1nccc(N2CCCC2)n1)c1ccc(-c2ccccc2)cc1. The molecule has 144 valence electrons. The molecule has 1 aliphatic rings. The molecule has 1 aliphatic heterocycles. The number of aromatic nitrogens is 2. The van der Waals surface area contributed by atoms with E-state index in [9.17, 15) is 8.42 Å². The average Bonchev–Trinajstić information content (AvgIpc) is 3.28. The summed E-state index contributed by atoms with van der Waals surface area (Å²) >= 11 is 0. The van der Waals surface area contributed by atoms with Crippen LogP contribution < -0.4 is 9.62 Å². The fourth-order valence-corrected chi connectivity index (χ4v) is 4.28. The third-order valence-corrected chi connectivity index (χ3v) is 6.23. The highest BCUT2D eigenvalue weighted by Gasteiger charge is 2.17. The second-order valence-electron chi connectivity index (χ2n) is 6.74. The molecule has 2 aromatic carbocycles. The zero-order chi connectivity index (χ0) is 19.4. The van der Waals surface area contributed by atoms with Crippen LogP contribution in [-0.4, -0.2) is 31.5 Å². The molecule has 0 aliphatic carbocycles. The van der Waals surface area contributed by atoms with Gasteiger partial charge in [0.25, 0.3) is 0 Å². The number of sulfonamides is 1. The molecule has 7 heteroatoms. The summed E-state index contributed by atoms with van der Waals surface area (Å²) in [4.78, 5) is 11.1. The van der Waals surface area contributed by atoms with Gasteiger partial charge < -0.3 is 4.90 Å². The van der Waals surface area contributed by atoms with Crippen molar-refractivity contribution in [2.75, 3.05) is 18.0 Å². The van der Waals surface area contributed by atoms with Crippen LogP contribution in [0.5, 0.6) is 0 Å². The van der Waals surface area contributed by atoms with E-state index in [0.29, 0.717) is 5.82 Å². The molecular weight excluding hydrogens is 372 g/mol. The lowest BCUT2D eigenvalue weighted by Gasteiger charge is -2.16. The fourth-order valence-electron chi connectivity index (χ4n) is 3.30. The minimum Gasteiger partial charge on any atom is -0.357 e. The number of rotatable bonds is 6. The summed E-state index contributed by atoms with van der Waals surface area (Å²) in [5, 5.41) is 0. The maximum atomic E-state index is 12.6. The first kappa shape index (κ1) is 18.6. The van der Waals surface area contributed by atoms with Gasteiger partial charge in [-0.25, -0.2) is 23.1 Å². The van der Waals surface area contributed by atoms with Gasteiger partial charge in [0.15, 0.2) is 0 Å². The first-order chi connectivity index (χ1) is 13.6. The Morgan fingerprint density at radius 3 is 2.29 bits per heavy atom. The molecule has 0 bridgehead atoms. The zero-order valence-corrected chi connectivity index (χ0v) is 16.3. The van der Waals surface area contributed by atoms with Gasteiger partial charge in [-0.1, -0.05) is 42.5 Å². The second-order valence-corrected chi connectivity index (χ2v) is 8.51. The lowest BCUT2D eigenvalue weighted by atomic mass is 10.1. The van der Waals surface area contributed by atoms with E-state index < -0.39 is 10.0 Å². The Hall–Kier alpha value is -2.77. The third-order valence-electron chi connectivity index (χ3n) is 4.81. The second kappa shape index (κ2) is 8.08. The summed E-state index contributed by atoms with van der Waals surface area (Å²) in [6.45, 7) is 2.02. The van der Waals surface area contributed by atoms with Crippen molar-refractivity contribution in [2.45, 2.75) is 24.3 Å². The number of anilines is 1. The van der Waals surface area contributed by atoms with Crippen molar-refractivity contribution in [3.8, 4) is 11.1 Å². The molecule has 1 N–H and O–H groups in total. The highest BCUT2D eigenvalue weighted by molar-refractivity contribution is 7.89. The molecule has 1 fully saturated rings. The molecular formula is C21H22N4O2S. The number of benzene rings is 2. The first-order valence-electron chi connectivity index (χ1n) is 9.34. The number of nitrogens with one attached hydrogen (secondary N) is 1. The van der Waals surface area contributed by atoms with Crippen LogP contribution in [0.2, 0.25) is 0 Å². The molecule has 1 saturated heterocycles. The summed E-state index contributed by atoms with van der Waals surface area (Å²) in [7, 11) is -3.63. The van der Waals surface area contributed by atoms with Crippen molar-refractivity contribution < 1.29 is 8.42 Å². The van der Waals surface area contributed by atoms with Crippen LogP contribution in [0.4, 0.5) is 5.82 Å². The van der Waals surface area contributed by atoms with Gasteiger partial charge in [0.2, 0.25) is 10.0 Å². The van der Waals surface area contributed by atoms with E-state index in [-0.39, 0.29) is 11.4 Å². The number of hydrogen-bond donors (Lipinski definition) is 1. The Labute approximate surface area is 165 Å². The van der Waals surface area contributed by atoms with E-state index in [1.54, 1.807) is 18.3 Å². The Morgan fingerprint density at radius 1 is 0.893 bits per heavy atom. The van der Waals surface area contributed by atoms with Crippen LogP contribution in [0.15, 0.2) is 71.8 Å². The van der Waals surface area contributed by atoms with Gasteiger partial charge in [0, 0.05) is 19.3 Å². The normalized spacial score (nSPS) is 14.4. The topological polar surface area (TPSA) is 75.2 Å². The first-order valence-corrected chi connectivity index (χ1v) is 10.8. The van der Waals surface area contributed by atoms with Gasteiger partial charge in [-0.15, -0.1) is 0 Å². The van der Waals surface area contributed by atoms with Crippen molar-refractivity contribution in [3.63, 3.8) is 0 Å². The van der Waals surface area contributed by atoms with E-state index in [1.165, 1.54) is 0 Å². The molecule has 4 rings (SSSR count). The molecule has 0 unspecified atom stereocenters. The van der Waals surface area contributed by atoms with Crippen molar-refractivity contribution in [1.29, 1.82) is 0 Å². The lowest BCUT2D eigenvalue weighted by Crippen LogP contribution is -2.25. The Balaban J connectivity index is 1.45. The summed E-state index contributed by atoms with van der Waals surface area (Å²) < 4.78 is 27.8. The van der Waals surface area contributed by atoms with Crippen molar-refractivity contribution in [3.05, 3.63) is 72.7 Å². The smallest absolute Gasteiger partial charge is 0.240 e. The van der Waals surface area contributed by atoms with Crippen LogP contribution in [-0.2, 0) is 16.6 Å². The molecule has 6 nitrogen and oxygen atoms in total. The van der Waals surface area contributed by atoms with Gasteiger partial charge in [-0.3, -0.25) is 0 Å². The monoisotopic (exact) mass is 394 g/mol. The minimum atomic E-state index is -3.63. The fraction of sp³-hybridized carbons (Fsp3) is 0.238. The molecule has 0 atom stereocenters. The maximum Gasteiger partial charge on any atom is 0.240 e. The summed E-state index contributed by atoms with van der Waals surface area (Å²) in [5.41, 5.74) is 2.02. The standard InChI is InChI=1S/C21H22N4O2S/c26-28(27,19-10-8-18(9-11-19)17-6-2-1-3-7-17)23-16-20-22-13-12-21(24-20)25-14-4-5-15-25/h1-3,6-13,23H,4-5,14-16H2. The Kier molecular flexibility index (Phi) is 5.36. The quantitative estimate of drug-likeness (QED) is 0.695. The van der Waals surface area contributed by atoms with Gasteiger partial charge in [-0.05, 0) is 42.2 Å². The van der Waals surface area contributed by atoms with Crippen molar-refractivity contribution in [2.24, 2.45) is 0 Å². The Bertz CT molecular complexity index is 1030. The van der Waals surface area contributed by atoms with Crippen LogP contribution in [0.25, 0.3) is 11.1 Å². The van der Waals surface area contributed by atoms with Gasteiger partial charge in [0.1, 0.15) is 11.6 Å². The minimum absolute atomic E-state index is 0.0600. The van der Waals surface area contributed by atoms with E-state index in [4.69, 9.17) is 0 Å². The zero-order valence-electron chi connectivity index (χ0n) is 15.5. The van der Waals surface area contributed by atoms with Crippen LogP contribution in [0.1, 0.15) is 18.7 Å². The van der Waals surface area contributed by atoms with Crippen molar-refractivity contribution in [1.82, 2.24) is 14.7 Å². The molecule has 3 aromatic rings. The molecule has 0 saturated carbocycles. The summed E-state index contributed by atoms with van der Waals surface area (Å²) in [6.07, 6.45) is 3.99. The van der Waals surface area contributed by atoms with E-state index in [2.05, 4.69) is 19.6 Å². The number of hydrogen-bond acceptors (Lipinski definition) is 5. The molecule has 28 heavy (non-hydrogen) atoms. The molecule has 1 aromatic heterocycles. The van der Waals surface area contributed by atoms with Gasteiger partial charge >= 0.3 is 0 Å². The van der Waals surface area contributed by atoms with E-state index >= 15 is 0 Å². The van der Waals surface area contributed by atoms with Gasteiger partial charge in [0.05, 0.1) is 11.4 Å². The Morgan fingerprint density at radius 2 is 1.57 bits per heavy atom. The molecule has 0 spiro atoms. The predicted molar refractivity (Wildman–Crippen MR) is 109 cm³/mol. The van der Waals surface area contributed by atoms with E-state index in [1.807, 2.05) is 48.5 Å². The lowest BCUT2D eigenvalue weighted by molar-refractivity contribution is 0.579. The third kappa shape index (κ3) is 4.21. The van der Waals surface area contributed by atoms with Crippen LogP contribution in [0, 0.1) is 0 Å². The largest absolute Gasteiger partial charge is 0.357 e. The molecule has 0 amide bonds. The highest BCUT2D eigenvalue weighted by atomic mass is 32.2. The number of nitrogens with zero attached hydrogens (tertiary/aromatic N) is 3. The average molecular weight is 395 g/mol. The molecule has 0 radical (unpaired) electrons. The summed E-state index contributed by atoms with van der Waals surface area (Å²) in [6, 6.07) is 18.6. The molecule has 2 heterocycles. The van der Waals surface area contributed by atoms with Crippen LogP contribution >= 0.6 is 0 Å². The van der Waals surface area contributed by atoms with Crippen molar-refractivity contribution >= 4 is 15.8 Å².